The number of halogens is 1. The number of carbonyl (C=O) groups excluding carboxylic acids is 2. The number of aryl methyl sites for hydroxylation is 1. The van der Waals surface area contributed by atoms with Crippen molar-refractivity contribution in [3.63, 3.8) is 0 Å². The molecule has 0 radical (unpaired) electrons. The Kier molecular flexibility index (Phi) is 7.39. The van der Waals surface area contributed by atoms with Gasteiger partial charge in [-0.3, -0.25) is 9.59 Å². The molecule has 1 saturated carbocycles. The summed E-state index contributed by atoms with van der Waals surface area (Å²) in [6.45, 7) is 5.02. The van der Waals surface area contributed by atoms with E-state index < -0.39 is 21.2 Å². The van der Waals surface area contributed by atoms with E-state index in [2.05, 4.69) is 15.7 Å². The number of aromatic nitrogens is 1. The number of sulfonamides is 1. The Morgan fingerprint density at radius 1 is 1.15 bits per heavy atom. The molecule has 0 saturated heterocycles. The van der Waals surface area contributed by atoms with E-state index >= 15 is 0 Å². The first-order chi connectivity index (χ1) is 19.6. The van der Waals surface area contributed by atoms with Crippen molar-refractivity contribution in [2.24, 2.45) is 17.8 Å². The molecule has 1 amide bonds. The van der Waals surface area contributed by atoms with Crippen LogP contribution in [0.25, 0.3) is 0 Å². The van der Waals surface area contributed by atoms with Gasteiger partial charge in [-0.25, -0.2) is 18.1 Å². The second-order valence-corrected chi connectivity index (χ2v) is 14.7. The summed E-state index contributed by atoms with van der Waals surface area (Å²) < 4.78 is 34.8. The zero-order chi connectivity index (χ0) is 28.9. The van der Waals surface area contributed by atoms with Crippen LogP contribution in [0, 0.1) is 17.8 Å². The molecule has 41 heavy (non-hydrogen) atoms. The van der Waals surface area contributed by atoms with Gasteiger partial charge in [-0.15, -0.1) is 0 Å². The highest BCUT2D eigenvalue weighted by Gasteiger charge is 2.44. The summed E-state index contributed by atoms with van der Waals surface area (Å²) in [5.74, 6) is 0.147. The van der Waals surface area contributed by atoms with Gasteiger partial charge < -0.3 is 9.64 Å². The molecule has 1 aromatic carbocycles. The Morgan fingerprint density at radius 2 is 1.98 bits per heavy atom. The van der Waals surface area contributed by atoms with Crippen LogP contribution < -0.4 is 14.4 Å². The fraction of sp³-hybridized carbons (Fsp3) is 0.516. The standard InChI is InChI=1S/C31H36ClN3O5S/c1-19-5-3-7-27(36)24-10-8-22(24)16-35-17-31(14-4-6-21-15-23(32)9-11-25(21)31)18-40-28-13-12-26(33-29(28)35)30(37)34-41(38,39)20(19)2/h3,7,9,11-13,15,19-20,22,24H,4-6,8,10,14,16-18H2,1-2H3,(H,34,37)/b7-3+/t19-,20+,22-,24+,31-/m0/s1. The Balaban J connectivity index is 1.43. The van der Waals surface area contributed by atoms with Gasteiger partial charge in [0.25, 0.3) is 5.91 Å². The fourth-order valence-electron chi connectivity index (χ4n) is 6.85. The topological polar surface area (TPSA) is 106 Å². The number of allylic oxidation sites excluding steroid dienone is 2. The number of amides is 1. The maximum Gasteiger partial charge on any atom is 0.283 e. The van der Waals surface area contributed by atoms with Crippen LogP contribution in [0.4, 0.5) is 5.82 Å². The lowest BCUT2D eigenvalue weighted by molar-refractivity contribution is -0.122. The van der Waals surface area contributed by atoms with Gasteiger partial charge in [0.15, 0.2) is 17.4 Å². The predicted molar refractivity (Wildman–Crippen MR) is 158 cm³/mol. The number of nitrogens with zero attached hydrogens (tertiary/aromatic N) is 2. The Labute approximate surface area is 246 Å². The maximum absolute atomic E-state index is 13.2. The van der Waals surface area contributed by atoms with Crippen LogP contribution in [-0.2, 0) is 26.7 Å². The van der Waals surface area contributed by atoms with E-state index in [1.807, 2.05) is 19.1 Å². The van der Waals surface area contributed by atoms with Crippen LogP contribution >= 0.6 is 11.6 Å². The highest BCUT2D eigenvalue weighted by atomic mass is 35.5. The number of ketones is 1. The number of nitrogens with one attached hydrogen (secondary N) is 1. The fourth-order valence-corrected chi connectivity index (χ4v) is 8.31. The summed E-state index contributed by atoms with van der Waals surface area (Å²) in [4.78, 5) is 33.3. The molecule has 0 unspecified atom stereocenters. The molecule has 3 heterocycles. The van der Waals surface area contributed by atoms with Gasteiger partial charge >= 0.3 is 0 Å². The molecule has 1 N–H and O–H groups in total. The molecule has 2 aliphatic heterocycles. The first-order valence-corrected chi connectivity index (χ1v) is 16.4. The van der Waals surface area contributed by atoms with Gasteiger partial charge in [0, 0.05) is 29.4 Å². The van der Waals surface area contributed by atoms with E-state index in [9.17, 15) is 18.0 Å². The minimum absolute atomic E-state index is 0.0146. The number of hydrogen-bond donors (Lipinski definition) is 1. The Hall–Kier alpha value is -2.91. The Morgan fingerprint density at radius 3 is 2.76 bits per heavy atom. The zero-order valence-electron chi connectivity index (χ0n) is 23.4. The maximum atomic E-state index is 13.2. The molecule has 2 bridgehead atoms. The first-order valence-electron chi connectivity index (χ1n) is 14.5. The predicted octanol–water partition coefficient (Wildman–Crippen LogP) is 4.85. The molecule has 1 aromatic heterocycles. The smallest absolute Gasteiger partial charge is 0.283 e. The molecular weight excluding hydrogens is 562 g/mol. The van der Waals surface area contributed by atoms with Crippen molar-refractivity contribution in [2.45, 2.75) is 63.0 Å². The van der Waals surface area contributed by atoms with Crippen molar-refractivity contribution in [1.82, 2.24) is 9.71 Å². The van der Waals surface area contributed by atoms with E-state index in [4.69, 9.17) is 21.3 Å². The third-order valence-corrected chi connectivity index (χ3v) is 11.8. The van der Waals surface area contributed by atoms with Gasteiger partial charge in [-0.2, -0.15) is 0 Å². The minimum atomic E-state index is -3.97. The normalized spacial score (nSPS) is 32.0. The molecular formula is C31H36ClN3O5S. The van der Waals surface area contributed by atoms with Crippen molar-refractivity contribution in [2.75, 3.05) is 24.6 Å². The SMILES string of the molecule is C[C@@H]1[C@@H](C)C/C=C/C(=O)[C@@H]2CC[C@H]2CN2C[C@@]3(CCCc4cc(Cl)ccc43)COc3ccc(nc32)C(=O)NS1(=O)=O. The van der Waals surface area contributed by atoms with Crippen molar-refractivity contribution in [1.29, 1.82) is 0 Å². The molecule has 218 valence electrons. The van der Waals surface area contributed by atoms with Gasteiger partial charge in [0.05, 0.1) is 11.9 Å². The summed E-state index contributed by atoms with van der Waals surface area (Å²) in [5.41, 5.74) is 2.13. The van der Waals surface area contributed by atoms with Crippen LogP contribution in [0.15, 0.2) is 42.5 Å². The second-order valence-electron chi connectivity index (χ2n) is 12.3. The van der Waals surface area contributed by atoms with Crippen molar-refractivity contribution < 1.29 is 22.7 Å². The lowest BCUT2D eigenvalue weighted by Gasteiger charge is -2.43. The molecule has 1 spiro atoms. The van der Waals surface area contributed by atoms with Crippen LogP contribution in [0.2, 0.25) is 5.02 Å². The van der Waals surface area contributed by atoms with Gasteiger partial charge in [-0.1, -0.05) is 30.7 Å². The average molecular weight is 598 g/mol. The number of carbonyl (C=O) groups is 2. The van der Waals surface area contributed by atoms with Crippen molar-refractivity contribution >= 4 is 39.1 Å². The van der Waals surface area contributed by atoms with Gasteiger partial charge in [-0.05, 0) is 98.8 Å². The summed E-state index contributed by atoms with van der Waals surface area (Å²) in [5, 5.41) is -0.126. The average Bonchev–Trinajstić information content (AvgIpc) is 3.06. The number of hydrogen-bond acceptors (Lipinski definition) is 7. The quantitative estimate of drug-likeness (QED) is 0.463. The van der Waals surface area contributed by atoms with Crippen molar-refractivity contribution in [3.8, 4) is 5.75 Å². The largest absolute Gasteiger partial charge is 0.489 e. The number of fused-ring (bicyclic) bond motifs is 4. The van der Waals surface area contributed by atoms with E-state index in [0.29, 0.717) is 42.7 Å². The Bertz CT molecular complexity index is 1530. The molecule has 4 aliphatic rings. The van der Waals surface area contributed by atoms with E-state index in [0.717, 1.165) is 32.1 Å². The van der Waals surface area contributed by atoms with Crippen molar-refractivity contribution in [3.05, 3.63) is 64.3 Å². The lowest BCUT2D eigenvalue weighted by Crippen LogP contribution is -2.49. The van der Waals surface area contributed by atoms with Crippen LogP contribution in [0.1, 0.15) is 67.6 Å². The molecule has 1 fully saturated rings. The summed E-state index contributed by atoms with van der Waals surface area (Å²) in [6, 6.07) is 9.30. The number of benzene rings is 1. The van der Waals surface area contributed by atoms with E-state index in [-0.39, 0.29) is 34.6 Å². The molecule has 8 nitrogen and oxygen atoms in total. The monoisotopic (exact) mass is 597 g/mol. The molecule has 10 heteroatoms. The zero-order valence-corrected chi connectivity index (χ0v) is 25.0. The molecule has 5 atom stereocenters. The van der Waals surface area contributed by atoms with Crippen LogP contribution in [0.5, 0.6) is 5.75 Å². The highest BCUT2D eigenvalue weighted by molar-refractivity contribution is 7.90. The van der Waals surface area contributed by atoms with Gasteiger partial charge in [0.1, 0.15) is 5.69 Å². The number of ether oxygens (including phenoxy) is 1. The van der Waals surface area contributed by atoms with E-state index in [1.165, 1.54) is 17.2 Å². The van der Waals surface area contributed by atoms with Crippen LogP contribution in [0.3, 0.4) is 0 Å². The van der Waals surface area contributed by atoms with Crippen LogP contribution in [-0.4, -0.2) is 50.0 Å². The second kappa shape index (κ2) is 10.7. The number of anilines is 1. The highest BCUT2D eigenvalue weighted by Crippen LogP contribution is 2.45. The first kappa shape index (κ1) is 28.2. The molecule has 2 aliphatic carbocycles. The summed E-state index contributed by atoms with van der Waals surface area (Å²) in [6.07, 6.45) is 8.44. The molecule has 6 rings (SSSR count). The molecule has 2 aromatic rings. The third-order valence-electron chi connectivity index (χ3n) is 9.66. The summed E-state index contributed by atoms with van der Waals surface area (Å²) >= 11 is 6.36. The lowest BCUT2D eigenvalue weighted by atomic mass is 9.69. The number of rotatable bonds is 0. The summed E-state index contributed by atoms with van der Waals surface area (Å²) in [7, 11) is -3.97. The van der Waals surface area contributed by atoms with Gasteiger partial charge in [0.2, 0.25) is 10.0 Å². The van der Waals surface area contributed by atoms with E-state index in [1.54, 1.807) is 25.1 Å². The third kappa shape index (κ3) is 5.27. The minimum Gasteiger partial charge on any atom is -0.489 e. The number of pyridine rings is 1.